The summed E-state index contributed by atoms with van der Waals surface area (Å²) < 4.78 is 8.13. The van der Waals surface area contributed by atoms with Gasteiger partial charge in [0, 0.05) is 63.2 Å². The summed E-state index contributed by atoms with van der Waals surface area (Å²) in [7, 11) is 0. The number of nitrogens with one attached hydrogen (secondary N) is 5. The number of aliphatic hydroxyl groups excluding tert-OH is 2. The zero-order valence-corrected chi connectivity index (χ0v) is 46.8. The second kappa shape index (κ2) is 25.8. The highest BCUT2D eigenvalue weighted by Gasteiger charge is 2.47. The minimum Gasteiger partial charge on any atom is -0.387 e. The fraction of sp³-hybridized carbons (Fsp3) is 0.610. The van der Waals surface area contributed by atoms with Crippen LogP contribution in [0.25, 0.3) is 22.2 Å². The molecule has 20 heteroatoms. The summed E-state index contributed by atoms with van der Waals surface area (Å²) in [4.78, 5) is 87.9. The van der Waals surface area contributed by atoms with E-state index in [-0.39, 0.29) is 41.3 Å². The number of unbranched alkanes of at least 4 members (excludes halogenated alkanes) is 9. The minimum absolute atomic E-state index is 0.0771. The molecule has 0 bridgehead atoms. The second-order valence-corrected chi connectivity index (χ2v) is 23.6. The van der Waals surface area contributed by atoms with E-state index >= 15 is 0 Å². The Bertz CT molecular complexity index is 2940. The first-order chi connectivity index (χ1) is 38.0. The van der Waals surface area contributed by atoms with Crippen molar-refractivity contribution < 1.29 is 38.9 Å². The Kier molecular flexibility index (Phi) is 18.8. The van der Waals surface area contributed by atoms with Crippen molar-refractivity contribution in [1.29, 1.82) is 0 Å². The number of aryl methyl sites for hydroxylation is 1. The number of ether oxygens (including phenoxy) is 1. The van der Waals surface area contributed by atoms with Crippen LogP contribution in [0.1, 0.15) is 182 Å². The predicted molar refractivity (Wildman–Crippen MR) is 301 cm³/mol. The van der Waals surface area contributed by atoms with Gasteiger partial charge in [-0.3, -0.25) is 43.7 Å². The molecule has 5 aromatic rings. The average molecular weight is 1090 g/mol. The maximum absolute atomic E-state index is 13.1. The summed E-state index contributed by atoms with van der Waals surface area (Å²) in [5, 5.41) is 34.6. The molecule has 3 aliphatic heterocycles. The molecule has 4 aliphatic rings. The van der Waals surface area contributed by atoms with Crippen LogP contribution < -0.4 is 21.3 Å². The number of aliphatic hydroxyl groups is 2. The number of imide groups is 2. The maximum atomic E-state index is 13.1. The lowest BCUT2D eigenvalue weighted by atomic mass is 9.76. The van der Waals surface area contributed by atoms with Crippen LogP contribution in [0.4, 0.5) is 11.5 Å². The second-order valence-electron chi connectivity index (χ2n) is 23.6. The fourth-order valence-electron chi connectivity index (χ4n) is 11.7. The van der Waals surface area contributed by atoms with Crippen molar-refractivity contribution in [2.24, 2.45) is 5.92 Å². The number of rotatable bonds is 28. The van der Waals surface area contributed by atoms with E-state index in [1.807, 2.05) is 0 Å². The molecule has 20 nitrogen and oxygen atoms in total. The van der Waals surface area contributed by atoms with Crippen LogP contribution in [-0.4, -0.2) is 142 Å². The monoisotopic (exact) mass is 1090 g/mol. The van der Waals surface area contributed by atoms with Crippen LogP contribution in [0.5, 0.6) is 0 Å². The summed E-state index contributed by atoms with van der Waals surface area (Å²) in [6.45, 7) is 13.5. The Morgan fingerprint density at radius 1 is 0.835 bits per heavy atom. The SMILES string of the molecule is CC(C)N(C[C@H]1O[C@@H](n2cnc3c(NCCCCNC(=O)CCCCCCCCCCCNc4ccc5c(c4)C(=O)N(C4CCC(=O)NC4=O)C5=O)ncnc32)C(O)C1O)C1CC(CCc2nc3cc(C(C)(C)C)ccc3[nH]2)C1. The van der Waals surface area contributed by atoms with Crippen LogP contribution in [0.3, 0.4) is 0 Å². The fourth-order valence-corrected chi connectivity index (χ4v) is 11.7. The number of aromatic nitrogens is 6. The van der Waals surface area contributed by atoms with Gasteiger partial charge in [-0.05, 0) is 112 Å². The average Bonchev–Trinajstić information content (AvgIpc) is 4.36. The van der Waals surface area contributed by atoms with E-state index in [0.29, 0.717) is 55.0 Å². The van der Waals surface area contributed by atoms with Crippen molar-refractivity contribution >= 4 is 63.2 Å². The summed E-state index contributed by atoms with van der Waals surface area (Å²) in [6, 6.07) is 11.2. The molecule has 5 atom stereocenters. The Morgan fingerprint density at radius 3 is 2.29 bits per heavy atom. The molecule has 3 aromatic heterocycles. The summed E-state index contributed by atoms with van der Waals surface area (Å²) >= 11 is 0. The Morgan fingerprint density at radius 2 is 1.54 bits per heavy atom. The number of piperidine rings is 1. The Hall–Kier alpha value is -6.35. The summed E-state index contributed by atoms with van der Waals surface area (Å²) in [5.74, 6) is 0.258. The smallest absolute Gasteiger partial charge is 0.262 e. The van der Waals surface area contributed by atoms with E-state index < -0.39 is 54.2 Å². The highest BCUT2D eigenvalue weighted by atomic mass is 16.6. The van der Waals surface area contributed by atoms with E-state index in [4.69, 9.17) is 9.72 Å². The third-order valence-electron chi connectivity index (χ3n) is 16.5. The van der Waals surface area contributed by atoms with Gasteiger partial charge < -0.3 is 35.9 Å². The van der Waals surface area contributed by atoms with Crippen LogP contribution >= 0.6 is 0 Å². The number of hydrogen-bond acceptors (Lipinski definition) is 15. The summed E-state index contributed by atoms with van der Waals surface area (Å²) in [6.07, 6.45) is 15.5. The number of carbonyl (C=O) groups excluding carboxylic acids is 5. The van der Waals surface area contributed by atoms with E-state index in [1.165, 1.54) is 11.9 Å². The molecule has 426 valence electrons. The summed E-state index contributed by atoms with van der Waals surface area (Å²) in [5.41, 5.74) is 5.82. The molecule has 5 amide bonds. The van der Waals surface area contributed by atoms with Crippen molar-refractivity contribution in [1.82, 2.24) is 49.9 Å². The molecule has 0 radical (unpaired) electrons. The number of benzene rings is 2. The molecule has 79 heavy (non-hydrogen) atoms. The van der Waals surface area contributed by atoms with E-state index in [2.05, 4.69) is 98.9 Å². The van der Waals surface area contributed by atoms with Gasteiger partial charge in [0.15, 0.2) is 23.2 Å². The molecule has 7 N–H and O–H groups in total. The van der Waals surface area contributed by atoms with Crippen LogP contribution in [0.2, 0.25) is 0 Å². The number of amides is 5. The standard InChI is InChI=1S/C59H82N12O8/c1-36(2)69(40-29-37(30-40)18-24-47-66-43-22-19-38(59(3,4)5)31-44(43)67-47)33-46-51(74)52(75)58(79-46)70-35-65-50-53(63-34-64-54(50)70)62-28-16-15-27-61-48(72)17-13-11-9-7-6-8-10-12-14-26-60-39-20-21-41-42(32-39)57(78)71(56(41)77)45-23-25-49(73)68-55(45)76/h19-22,31-32,34-37,40,45-46,51-52,58,60,74-75H,6-18,23-30,33H2,1-5H3,(H,61,72)(H,66,67)(H,62,63,64)(H,68,73,76)/t37?,40?,45?,46-,51?,52?,58-/m1/s1. The molecule has 9 rings (SSSR count). The normalized spacial score (nSPS) is 22.3. The molecule has 2 aromatic carbocycles. The number of nitrogens with zero attached hydrogens (tertiary/aromatic N) is 7. The van der Waals surface area contributed by atoms with Crippen molar-refractivity contribution in [3.05, 3.63) is 71.6 Å². The number of carbonyl (C=O) groups is 5. The lowest BCUT2D eigenvalue weighted by Gasteiger charge is -2.46. The third kappa shape index (κ3) is 13.8. The third-order valence-corrected chi connectivity index (χ3v) is 16.5. The van der Waals surface area contributed by atoms with Crippen molar-refractivity contribution in [3.63, 3.8) is 0 Å². The van der Waals surface area contributed by atoms with Crippen molar-refractivity contribution in [3.8, 4) is 0 Å². The van der Waals surface area contributed by atoms with Crippen LogP contribution in [0.15, 0.2) is 49.1 Å². The molecule has 2 saturated heterocycles. The van der Waals surface area contributed by atoms with Gasteiger partial charge in [0.2, 0.25) is 17.7 Å². The highest BCUT2D eigenvalue weighted by Crippen LogP contribution is 2.39. The van der Waals surface area contributed by atoms with E-state index in [0.717, 1.165) is 130 Å². The molecule has 3 fully saturated rings. The first-order valence-electron chi connectivity index (χ1n) is 29.1. The quantitative estimate of drug-likeness (QED) is 0.0189. The Labute approximate surface area is 463 Å². The largest absolute Gasteiger partial charge is 0.387 e. The minimum atomic E-state index is -1.16. The highest BCUT2D eigenvalue weighted by molar-refractivity contribution is 6.23. The van der Waals surface area contributed by atoms with Crippen LogP contribution in [0, 0.1) is 5.92 Å². The number of aromatic amines is 1. The van der Waals surface area contributed by atoms with Gasteiger partial charge in [-0.1, -0.05) is 71.8 Å². The number of anilines is 2. The molecule has 0 spiro atoms. The first kappa shape index (κ1) is 57.3. The van der Waals surface area contributed by atoms with Crippen molar-refractivity contribution in [2.45, 2.75) is 198 Å². The zero-order valence-electron chi connectivity index (χ0n) is 46.8. The maximum Gasteiger partial charge on any atom is 0.262 e. The number of hydrogen-bond donors (Lipinski definition) is 7. The topological polar surface area (TPSA) is 262 Å². The lowest BCUT2D eigenvalue weighted by Crippen LogP contribution is -2.54. The van der Waals surface area contributed by atoms with Crippen molar-refractivity contribution in [2.75, 3.05) is 36.8 Å². The van der Waals surface area contributed by atoms with Gasteiger partial charge in [-0.25, -0.2) is 19.9 Å². The Balaban J connectivity index is 0.600. The first-order valence-corrected chi connectivity index (χ1v) is 29.1. The lowest BCUT2D eigenvalue weighted by molar-refractivity contribution is -0.136. The molecule has 6 heterocycles. The molecular weight excluding hydrogens is 1000 g/mol. The van der Waals surface area contributed by atoms with E-state index in [1.54, 1.807) is 29.1 Å². The van der Waals surface area contributed by atoms with E-state index in [9.17, 15) is 34.2 Å². The molecule has 1 saturated carbocycles. The predicted octanol–water partition coefficient (Wildman–Crippen LogP) is 7.46. The number of imidazole rings is 2. The van der Waals surface area contributed by atoms with Gasteiger partial charge in [0.25, 0.3) is 11.8 Å². The zero-order chi connectivity index (χ0) is 55.8. The van der Waals surface area contributed by atoms with Gasteiger partial charge in [0.1, 0.15) is 36.5 Å². The van der Waals surface area contributed by atoms with Gasteiger partial charge in [0.05, 0.1) is 28.5 Å². The molecule has 1 aliphatic carbocycles. The number of H-pyrrole nitrogens is 1. The molecular formula is C59H82N12O8. The van der Waals surface area contributed by atoms with Gasteiger partial charge in [-0.2, -0.15) is 0 Å². The molecule has 3 unspecified atom stereocenters. The van der Waals surface area contributed by atoms with Gasteiger partial charge in [-0.15, -0.1) is 0 Å². The van der Waals surface area contributed by atoms with Crippen LogP contribution in [-0.2, 0) is 31.0 Å². The van der Waals surface area contributed by atoms with Gasteiger partial charge >= 0.3 is 0 Å². The number of fused-ring (bicyclic) bond motifs is 3.